The van der Waals surface area contributed by atoms with Crippen LogP contribution in [0.15, 0.2) is 49.1 Å². The zero-order valence-electron chi connectivity index (χ0n) is 9.45. The number of nitrogens with two attached hydrogens (primary N) is 1. The van der Waals surface area contributed by atoms with Crippen LogP contribution in [0.3, 0.4) is 0 Å². The van der Waals surface area contributed by atoms with Crippen molar-refractivity contribution in [1.29, 1.82) is 0 Å². The molecule has 0 aliphatic rings. The van der Waals surface area contributed by atoms with Crippen molar-refractivity contribution in [2.45, 2.75) is 25.4 Å². The summed E-state index contributed by atoms with van der Waals surface area (Å²) in [5.41, 5.74) is 7.46. The van der Waals surface area contributed by atoms with E-state index >= 15 is 0 Å². The van der Waals surface area contributed by atoms with Crippen LogP contribution in [0.25, 0.3) is 0 Å². The van der Waals surface area contributed by atoms with Crippen LogP contribution >= 0.6 is 0 Å². The fourth-order valence-electron chi connectivity index (χ4n) is 2.01. The Bertz CT molecular complexity index is 408. The average molecular weight is 215 g/mol. The Labute approximate surface area is 95.9 Å². The molecule has 1 heterocycles. The maximum Gasteiger partial charge on any atom is 0.0949 e. The Hall–Kier alpha value is -1.61. The Morgan fingerprint density at radius 1 is 1.31 bits per heavy atom. The van der Waals surface area contributed by atoms with E-state index < -0.39 is 0 Å². The molecule has 0 aliphatic heterocycles. The molecule has 16 heavy (non-hydrogen) atoms. The van der Waals surface area contributed by atoms with Gasteiger partial charge in [0, 0.05) is 12.4 Å². The predicted molar refractivity (Wildman–Crippen MR) is 64.9 cm³/mol. The van der Waals surface area contributed by atoms with E-state index in [0.29, 0.717) is 0 Å². The standard InChI is InChI=1S/C13H17N3/c1-2-12(16-9-8-15-10-16)13(14)11-6-4-3-5-7-11/h3-10,12-13H,2,14H2,1H3. The van der Waals surface area contributed by atoms with Crippen molar-refractivity contribution in [3.63, 3.8) is 0 Å². The first-order valence-corrected chi connectivity index (χ1v) is 5.61. The summed E-state index contributed by atoms with van der Waals surface area (Å²) in [5, 5.41) is 0. The van der Waals surface area contributed by atoms with E-state index in [2.05, 4.69) is 28.6 Å². The molecular weight excluding hydrogens is 198 g/mol. The first-order chi connectivity index (χ1) is 7.83. The number of aromatic nitrogens is 2. The minimum Gasteiger partial charge on any atom is -0.333 e. The summed E-state index contributed by atoms with van der Waals surface area (Å²) in [6.45, 7) is 2.15. The fourth-order valence-corrected chi connectivity index (χ4v) is 2.01. The van der Waals surface area contributed by atoms with Gasteiger partial charge < -0.3 is 10.3 Å². The summed E-state index contributed by atoms with van der Waals surface area (Å²) in [6.07, 6.45) is 6.58. The van der Waals surface area contributed by atoms with Crippen LogP contribution in [0, 0.1) is 0 Å². The molecule has 1 aromatic heterocycles. The lowest BCUT2D eigenvalue weighted by molar-refractivity contribution is 0.405. The number of hydrogen-bond donors (Lipinski definition) is 1. The largest absolute Gasteiger partial charge is 0.333 e. The molecule has 2 N–H and O–H groups in total. The van der Waals surface area contributed by atoms with Crippen molar-refractivity contribution < 1.29 is 0 Å². The lowest BCUT2D eigenvalue weighted by atomic mass is 9.98. The van der Waals surface area contributed by atoms with Crippen molar-refractivity contribution in [3.05, 3.63) is 54.6 Å². The summed E-state index contributed by atoms with van der Waals surface area (Å²) >= 11 is 0. The van der Waals surface area contributed by atoms with Gasteiger partial charge in [0.25, 0.3) is 0 Å². The van der Waals surface area contributed by atoms with Gasteiger partial charge in [0.15, 0.2) is 0 Å². The van der Waals surface area contributed by atoms with E-state index in [4.69, 9.17) is 5.73 Å². The summed E-state index contributed by atoms with van der Waals surface area (Å²) < 4.78 is 2.08. The quantitative estimate of drug-likeness (QED) is 0.851. The van der Waals surface area contributed by atoms with Crippen LogP contribution < -0.4 is 5.73 Å². The molecule has 1 aromatic carbocycles. The lowest BCUT2D eigenvalue weighted by Gasteiger charge is -2.24. The van der Waals surface area contributed by atoms with Gasteiger partial charge in [-0.15, -0.1) is 0 Å². The average Bonchev–Trinajstić information content (AvgIpc) is 2.85. The Kier molecular flexibility index (Phi) is 3.37. The van der Waals surface area contributed by atoms with E-state index in [1.54, 1.807) is 6.20 Å². The Morgan fingerprint density at radius 3 is 2.62 bits per heavy atom. The SMILES string of the molecule is CCC(C(N)c1ccccc1)n1ccnc1. The number of nitrogens with zero attached hydrogens (tertiary/aromatic N) is 2. The van der Waals surface area contributed by atoms with Gasteiger partial charge in [-0.3, -0.25) is 0 Å². The number of hydrogen-bond acceptors (Lipinski definition) is 2. The molecule has 84 valence electrons. The van der Waals surface area contributed by atoms with Crippen molar-refractivity contribution in [2.24, 2.45) is 5.73 Å². The molecule has 3 heteroatoms. The smallest absolute Gasteiger partial charge is 0.0949 e. The van der Waals surface area contributed by atoms with Crippen LogP contribution in [0.5, 0.6) is 0 Å². The van der Waals surface area contributed by atoms with Gasteiger partial charge in [-0.1, -0.05) is 37.3 Å². The molecule has 3 nitrogen and oxygen atoms in total. The number of rotatable bonds is 4. The minimum absolute atomic E-state index is 0.0143. The third kappa shape index (κ3) is 2.14. The van der Waals surface area contributed by atoms with Crippen molar-refractivity contribution in [2.75, 3.05) is 0 Å². The highest BCUT2D eigenvalue weighted by Gasteiger charge is 2.18. The van der Waals surface area contributed by atoms with Gasteiger partial charge in [-0.05, 0) is 12.0 Å². The minimum atomic E-state index is 0.0143. The van der Waals surface area contributed by atoms with E-state index in [0.717, 1.165) is 6.42 Å². The summed E-state index contributed by atoms with van der Waals surface area (Å²) in [7, 11) is 0. The first kappa shape index (κ1) is 10.9. The first-order valence-electron chi connectivity index (χ1n) is 5.61. The normalized spacial score (nSPS) is 14.6. The van der Waals surface area contributed by atoms with Crippen LogP contribution in [0.2, 0.25) is 0 Å². The second kappa shape index (κ2) is 4.94. The molecular formula is C13H17N3. The molecule has 0 spiro atoms. The monoisotopic (exact) mass is 215 g/mol. The molecule has 2 aromatic rings. The van der Waals surface area contributed by atoms with Gasteiger partial charge in [-0.2, -0.15) is 0 Å². The van der Waals surface area contributed by atoms with Gasteiger partial charge in [-0.25, -0.2) is 4.98 Å². The zero-order chi connectivity index (χ0) is 11.4. The summed E-state index contributed by atoms with van der Waals surface area (Å²) in [4.78, 5) is 4.07. The maximum atomic E-state index is 6.29. The van der Waals surface area contributed by atoms with E-state index in [1.165, 1.54) is 5.56 Å². The molecule has 0 radical (unpaired) electrons. The maximum absolute atomic E-state index is 6.29. The highest BCUT2D eigenvalue weighted by Crippen LogP contribution is 2.26. The molecule has 0 bridgehead atoms. The molecule has 0 amide bonds. The number of imidazole rings is 1. The molecule has 0 aliphatic carbocycles. The molecule has 0 saturated heterocycles. The van der Waals surface area contributed by atoms with Crippen LogP contribution in [0.1, 0.15) is 31.0 Å². The Balaban J connectivity index is 2.23. The topological polar surface area (TPSA) is 43.8 Å². The van der Waals surface area contributed by atoms with Crippen molar-refractivity contribution in [3.8, 4) is 0 Å². The van der Waals surface area contributed by atoms with E-state index in [-0.39, 0.29) is 12.1 Å². The number of benzene rings is 1. The highest BCUT2D eigenvalue weighted by atomic mass is 15.1. The molecule has 0 saturated carbocycles. The predicted octanol–water partition coefficient (Wildman–Crippen LogP) is 2.53. The zero-order valence-corrected chi connectivity index (χ0v) is 9.45. The van der Waals surface area contributed by atoms with Gasteiger partial charge in [0.1, 0.15) is 0 Å². The van der Waals surface area contributed by atoms with E-state index in [1.807, 2.05) is 30.7 Å². The third-order valence-corrected chi connectivity index (χ3v) is 2.93. The van der Waals surface area contributed by atoms with Crippen LogP contribution in [-0.4, -0.2) is 9.55 Å². The van der Waals surface area contributed by atoms with Crippen LogP contribution in [-0.2, 0) is 0 Å². The molecule has 2 rings (SSSR count). The second-order valence-corrected chi connectivity index (χ2v) is 3.92. The highest BCUT2D eigenvalue weighted by molar-refractivity contribution is 5.19. The second-order valence-electron chi connectivity index (χ2n) is 3.92. The molecule has 0 fully saturated rings. The Morgan fingerprint density at radius 2 is 2.06 bits per heavy atom. The van der Waals surface area contributed by atoms with Crippen molar-refractivity contribution >= 4 is 0 Å². The fraction of sp³-hybridized carbons (Fsp3) is 0.308. The van der Waals surface area contributed by atoms with Crippen molar-refractivity contribution in [1.82, 2.24) is 9.55 Å². The third-order valence-electron chi connectivity index (χ3n) is 2.93. The van der Waals surface area contributed by atoms with Gasteiger partial charge in [0.05, 0.1) is 18.4 Å². The molecule has 2 unspecified atom stereocenters. The molecule has 2 atom stereocenters. The van der Waals surface area contributed by atoms with E-state index in [9.17, 15) is 0 Å². The lowest BCUT2D eigenvalue weighted by Crippen LogP contribution is -2.23. The summed E-state index contributed by atoms with van der Waals surface area (Å²) in [5.74, 6) is 0. The van der Waals surface area contributed by atoms with Gasteiger partial charge in [0.2, 0.25) is 0 Å². The van der Waals surface area contributed by atoms with Gasteiger partial charge >= 0.3 is 0 Å². The summed E-state index contributed by atoms with van der Waals surface area (Å²) in [6, 6.07) is 10.5. The van der Waals surface area contributed by atoms with Crippen LogP contribution in [0.4, 0.5) is 0 Å².